The summed E-state index contributed by atoms with van der Waals surface area (Å²) in [5, 5.41) is 0. The lowest BCUT2D eigenvalue weighted by Crippen LogP contribution is -2.08. The van der Waals surface area contributed by atoms with E-state index in [-0.39, 0.29) is 0 Å². The van der Waals surface area contributed by atoms with Gasteiger partial charge in [0.15, 0.2) is 10.4 Å². The van der Waals surface area contributed by atoms with Crippen LogP contribution in [0.4, 0.5) is 0 Å². The van der Waals surface area contributed by atoms with Crippen LogP contribution in [0.15, 0.2) is 18.3 Å². The Morgan fingerprint density at radius 2 is 2.47 bits per heavy atom. The summed E-state index contributed by atoms with van der Waals surface area (Å²) in [5.41, 5.74) is 1.96. The van der Waals surface area contributed by atoms with Crippen molar-refractivity contribution < 1.29 is 0 Å². The normalized spacial score (nSPS) is 13.2. The van der Waals surface area contributed by atoms with E-state index in [4.69, 9.17) is 12.2 Å². The Morgan fingerprint density at radius 1 is 1.67 bits per heavy atom. The number of hydrogen-bond donors (Lipinski definition) is 1. The molecule has 5 heteroatoms. The van der Waals surface area contributed by atoms with Gasteiger partial charge in [-0.15, -0.1) is 0 Å². The molecule has 0 aliphatic carbocycles. The third kappa shape index (κ3) is 1.94. The van der Waals surface area contributed by atoms with E-state index in [1.165, 1.54) is 0 Å². The van der Waals surface area contributed by atoms with E-state index in [0.717, 1.165) is 21.7 Å². The number of nitrogens with one attached hydrogen (secondary N) is 1. The van der Waals surface area contributed by atoms with Crippen molar-refractivity contribution in [1.29, 1.82) is 0 Å². The van der Waals surface area contributed by atoms with Gasteiger partial charge in [-0.25, -0.2) is 4.98 Å². The molecule has 0 saturated carbocycles. The minimum atomic E-state index is 0.371. The largest absolute Gasteiger partial charge is 0.329 e. The number of hydrogen-bond acceptors (Lipinski definition) is 3. The Balaban J connectivity index is 2.58. The average Bonchev–Trinajstić information content (AvgIpc) is 2.54. The van der Waals surface area contributed by atoms with Gasteiger partial charge in [0.25, 0.3) is 0 Å². The zero-order chi connectivity index (χ0) is 10.8. The maximum absolute atomic E-state index is 5.30. The number of aromatic nitrogens is 3. The van der Waals surface area contributed by atoms with Crippen LogP contribution in [0.5, 0.6) is 0 Å². The van der Waals surface area contributed by atoms with E-state index in [2.05, 4.69) is 27.7 Å². The number of rotatable bonds is 3. The van der Waals surface area contributed by atoms with Crippen molar-refractivity contribution in [1.82, 2.24) is 14.5 Å². The fourth-order valence-corrected chi connectivity index (χ4v) is 2.69. The number of imidazole rings is 1. The third-order valence-electron chi connectivity index (χ3n) is 2.32. The summed E-state index contributed by atoms with van der Waals surface area (Å²) >= 11 is 7.12. The van der Waals surface area contributed by atoms with E-state index >= 15 is 0 Å². The molecule has 2 rings (SSSR count). The molecule has 0 aliphatic rings. The van der Waals surface area contributed by atoms with Gasteiger partial charge in [0, 0.05) is 18.0 Å². The molecule has 0 radical (unpaired) electrons. The summed E-state index contributed by atoms with van der Waals surface area (Å²) in [6, 6.07) is 4.29. The molecule has 0 saturated heterocycles. The lowest BCUT2D eigenvalue weighted by atomic mass is 10.4. The topological polar surface area (TPSA) is 33.6 Å². The summed E-state index contributed by atoms with van der Waals surface area (Å²) in [4.78, 5) is 7.53. The SMILES string of the molecule is CSCC(C)n1c(=S)[nH]c2cccnc21. The van der Waals surface area contributed by atoms with Crippen molar-refractivity contribution in [3.05, 3.63) is 23.1 Å². The highest BCUT2D eigenvalue weighted by atomic mass is 32.2. The Bertz CT molecular complexity index is 515. The molecular weight excluding hydrogens is 226 g/mol. The van der Waals surface area contributed by atoms with Crippen LogP contribution < -0.4 is 0 Å². The van der Waals surface area contributed by atoms with Gasteiger partial charge in [0.2, 0.25) is 0 Å². The highest BCUT2D eigenvalue weighted by Gasteiger charge is 2.10. The Hall–Kier alpha value is -0.810. The van der Waals surface area contributed by atoms with E-state index < -0.39 is 0 Å². The van der Waals surface area contributed by atoms with Crippen LogP contribution >= 0.6 is 24.0 Å². The molecule has 2 aromatic heterocycles. The van der Waals surface area contributed by atoms with Crippen molar-refractivity contribution in [3.63, 3.8) is 0 Å². The molecular formula is C10H13N3S2. The molecule has 0 spiro atoms. The number of nitrogens with zero attached hydrogens (tertiary/aromatic N) is 2. The molecule has 1 unspecified atom stereocenters. The van der Waals surface area contributed by atoms with Gasteiger partial charge in [-0.2, -0.15) is 11.8 Å². The van der Waals surface area contributed by atoms with Crippen molar-refractivity contribution in [3.8, 4) is 0 Å². The minimum absolute atomic E-state index is 0.371. The zero-order valence-electron chi connectivity index (χ0n) is 8.73. The second-order valence-electron chi connectivity index (χ2n) is 3.48. The number of aromatic amines is 1. The van der Waals surface area contributed by atoms with Crippen molar-refractivity contribution >= 4 is 35.1 Å². The highest BCUT2D eigenvalue weighted by Crippen LogP contribution is 2.19. The van der Waals surface area contributed by atoms with E-state index in [9.17, 15) is 0 Å². The lowest BCUT2D eigenvalue weighted by Gasteiger charge is -2.11. The van der Waals surface area contributed by atoms with Crippen LogP contribution in [-0.2, 0) is 0 Å². The number of H-pyrrole nitrogens is 1. The van der Waals surface area contributed by atoms with Crippen molar-refractivity contribution in [2.75, 3.05) is 12.0 Å². The van der Waals surface area contributed by atoms with Gasteiger partial charge in [-0.05, 0) is 37.5 Å². The molecule has 0 bridgehead atoms. The molecule has 2 aromatic rings. The summed E-state index contributed by atoms with van der Waals surface area (Å²) < 4.78 is 2.84. The van der Waals surface area contributed by atoms with Crippen LogP contribution in [0.2, 0.25) is 0 Å². The van der Waals surface area contributed by atoms with Gasteiger partial charge in [-0.1, -0.05) is 0 Å². The van der Waals surface area contributed by atoms with E-state index in [0.29, 0.717) is 6.04 Å². The molecule has 15 heavy (non-hydrogen) atoms. The first-order valence-corrected chi connectivity index (χ1v) is 6.58. The first kappa shape index (κ1) is 10.7. The Labute approximate surface area is 97.9 Å². The fraction of sp³-hybridized carbons (Fsp3) is 0.400. The molecule has 3 nitrogen and oxygen atoms in total. The molecule has 0 aliphatic heterocycles. The van der Waals surface area contributed by atoms with Crippen molar-refractivity contribution in [2.45, 2.75) is 13.0 Å². The molecule has 2 heterocycles. The first-order valence-electron chi connectivity index (χ1n) is 4.78. The second kappa shape index (κ2) is 4.37. The molecule has 0 fully saturated rings. The van der Waals surface area contributed by atoms with Crippen LogP contribution in [0, 0.1) is 4.77 Å². The van der Waals surface area contributed by atoms with Crippen LogP contribution in [0.25, 0.3) is 11.2 Å². The highest BCUT2D eigenvalue weighted by molar-refractivity contribution is 7.98. The molecule has 1 N–H and O–H groups in total. The molecule has 0 aromatic carbocycles. The van der Waals surface area contributed by atoms with Gasteiger partial charge in [0.05, 0.1) is 5.52 Å². The monoisotopic (exact) mass is 239 g/mol. The fourth-order valence-electron chi connectivity index (χ4n) is 1.68. The van der Waals surface area contributed by atoms with Crippen molar-refractivity contribution in [2.24, 2.45) is 0 Å². The summed E-state index contributed by atoms with van der Waals surface area (Å²) in [6.45, 7) is 2.16. The van der Waals surface area contributed by atoms with E-state index in [1.807, 2.05) is 23.9 Å². The standard InChI is InChI=1S/C10H13N3S2/c1-7(6-15-2)13-9-8(12-10(13)14)4-3-5-11-9/h3-5,7H,6H2,1-2H3,(H,12,14). The maximum Gasteiger partial charge on any atom is 0.179 e. The van der Waals surface area contributed by atoms with Crippen LogP contribution in [0.3, 0.4) is 0 Å². The maximum atomic E-state index is 5.30. The number of pyridine rings is 1. The van der Waals surface area contributed by atoms with E-state index in [1.54, 1.807) is 6.20 Å². The van der Waals surface area contributed by atoms with Gasteiger partial charge in [0.1, 0.15) is 0 Å². The zero-order valence-corrected chi connectivity index (χ0v) is 10.4. The Morgan fingerprint density at radius 3 is 3.20 bits per heavy atom. The van der Waals surface area contributed by atoms with Crippen LogP contribution in [0.1, 0.15) is 13.0 Å². The summed E-state index contributed by atoms with van der Waals surface area (Å²) in [6.07, 6.45) is 3.90. The predicted octanol–water partition coefficient (Wildman–Crippen LogP) is 3.02. The molecule has 1 atom stereocenters. The molecule has 0 amide bonds. The van der Waals surface area contributed by atoms with Gasteiger partial charge >= 0.3 is 0 Å². The average molecular weight is 239 g/mol. The second-order valence-corrected chi connectivity index (χ2v) is 4.78. The van der Waals surface area contributed by atoms with Crippen LogP contribution in [-0.4, -0.2) is 26.5 Å². The van der Waals surface area contributed by atoms with Gasteiger partial charge < -0.3 is 4.98 Å². The smallest absolute Gasteiger partial charge is 0.179 e. The quantitative estimate of drug-likeness (QED) is 0.836. The predicted molar refractivity (Wildman–Crippen MR) is 68.0 cm³/mol. The third-order valence-corrected chi connectivity index (χ3v) is 3.44. The van der Waals surface area contributed by atoms with Gasteiger partial charge in [-0.3, -0.25) is 4.57 Å². The first-order chi connectivity index (χ1) is 7.24. The minimum Gasteiger partial charge on any atom is -0.329 e. The summed E-state index contributed by atoms with van der Waals surface area (Å²) in [5.74, 6) is 1.04. The number of thioether (sulfide) groups is 1. The summed E-state index contributed by atoms with van der Waals surface area (Å²) in [7, 11) is 0. The lowest BCUT2D eigenvalue weighted by molar-refractivity contribution is 0.615. The number of fused-ring (bicyclic) bond motifs is 1. The molecule has 80 valence electrons. The Kier molecular flexibility index (Phi) is 3.11.